The normalized spacial score (nSPS) is 15.4. The van der Waals surface area contributed by atoms with Crippen LogP contribution in [0.1, 0.15) is 70.9 Å². The topological polar surface area (TPSA) is 66.0 Å². The van der Waals surface area contributed by atoms with E-state index in [9.17, 15) is 0 Å². The molecule has 0 aliphatic heterocycles. The van der Waals surface area contributed by atoms with Crippen LogP contribution in [-0.4, -0.2) is 28.0 Å². The Morgan fingerprint density at radius 1 is 1.29 bits per heavy atom. The Hall–Kier alpha value is -0.973. The van der Waals surface area contributed by atoms with E-state index in [0.29, 0.717) is 17.7 Å². The molecule has 0 atom stereocenters. The summed E-state index contributed by atoms with van der Waals surface area (Å²) in [7, 11) is -1.98. The Labute approximate surface area is 203 Å². The SMILES string of the molecule is CC(C)n1c(CO[Si](C)(C)C(C)(C)C)c(-c2noc(C3CC3)c2I)c2c(Cl)ncnc21. The van der Waals surface area contributed by atoms with Crippen molar-refractivity contribution in [3.8, 4) is 11.3 Å². The van der Waals surface area contributed by atoms with E-state index in [4.69, 9.17) is 20.6 Å². The van der Waals surface area contributed by atoms with Crippen LogP contribution in [0.5, 0.6) is 0 Å². The second kappa shape index (κ2) is 8.11. The van der Waals surface area contributed by atoms with Crippen molar-refractivity contribution in [2.75, 3.05) is 0 Å². The van der Waals surface area contributed by atoms with Crippen LogP contribution in [0.25, 0.3) is 22.3 Å². The molecule has 0 saturated heterocycles. The Morgan fingerprint density at radius 2 is 1.97 bits per heavy atom. The van der Waals surface area contributed by atoms with Gasteiger partial charge in [0.05, 0.1) is 21.3 Å². The van der Waals surface area contributed by atoms with Gasteiger partial charge in [-0.15, -0.1) is 0 Å². The highest BCUT2D eigenvalue weighted by atomic mass is 127. The van der Waals surface area contributed by atoms with Crippen molar-refractivity contribution >= 4 is 53.5 Å². The Balaban J connectivity index is 1.94. The molecule has 3 heterocycles. The average Bonchev–Trinajstić information content (AvgIpc) is 3.34. The van der Waals surface area contributed by atoms with Crippen molar-refractivity contribution in [2.45, 2.75) is 84.2 Å². The van der Waals surface area contributed by atoms with Crippen LogP contribution in [0.4, 0.5) is 0 Å². The minimum absolute atomic E-state index is 0.112. The van der Waals surface area contributed by atoms with Crippen LogP contribution in [0.15, 0.2) is 10.9 Å². The number of nitrogens with zero attached hydrogens (tertiary/aromatic N) is 4. The molecule has 0 unspecified atom stereocenters. The van der Waals surface area contributed by atoms with Gasteiger partial charge >= 0.3 is 0 Å². The van der Waals surface area contributed by atoms with E-state index in [1.165, 1.54) is 6.33 Å². The lowest BCUT2D eigenvalue weighted by Crippen LogP contribution is -2.40. The summed E-state index contributed by atoms with van der Waals surface area (Å²) >= 11 is 9.00. The monoisotopic (exact) mass is 572 g/mol. The van der Waals surface area contributed by atoms with Gasteiger partial charge in [-0.1, -0.05) is 37.5 Å². The van der Waals surface area contributed by atoms with Crippen LogP contribution in [0.2, 0.25) is 23.3 Å². The van der Waals surface area contributed by atoms with Gasteiger partial charge in [0.1, 0.15) is 22.8 Å². The van der Waals surface area contributed by atoms with E-state index in [-0.39, 0.29) is 11.1 Å². The van der Waals surface area contributed by atoms with Crippen molar-refractivity contribution in [1.29, 1.82) is 0 Å². The van der Waals surface area contributed by atoms with E-state index < -0.39 is 8.32 Å². The molecule has 0 spiro atoms. The third-order valence-electron chi connectivity index (χ3n) is 6.58. The number of fused-ring (bicyclic) bond motifs is 1. The van der Waals surface area contributed by atoms with E-state index in [1.807, 2.05) is 0 Å². The van der Waals surface area contributed by atoms with Crippen LogP contribution in [0.3, 0.4) is 0 Å². The Kier molecular flexibility index (Phi) is 6.07. The number of hydrogen-bond donors (Lipinski definition) is 0. The summed E-state index contributed by atoms with van der Waals surface area (Å²) in [6.45, 7) is 16.1. The highest BCUT2D eigenvalue weighted by Gasteiger charge is 2.39. The molecule has 0 radical (unpaired) electrons. The molecule has 3 aromatic heterocycles. The van der Waals surface area contributed by atoms with E-state index in [2.05, 4.69) is 90.0 Å². The van der Waals surface area contributed by atoms with Gasteiger partial charge in [-0.05, 0) is 67.4 Å². The molecule has 6 nitrogen and oxygen atoms in total. The molecule has 3 aromatic rings. The van der Waals surface area contributed by atoms with Crippen LogP contribution in [0, 0.1) is 3.57 Å². The lowest BCUT2D eigenvalue weighted by Gasteiger charge is -2.36. The molecule has 9 heteroatoms. The molecule has 1 fully saturated rings. The standard InChI is InChI=1S/C22H30ClIN4O2Si/c1-12(2)28-14(10-29-31(6,7)22(3,4)5)15(16-20(23)25-11-26-21(16)28)18-17(24)19(30-27-18)13-8-9-13/h11-13H,8-10H2,1-7H3. The van der Waals surface area contributed by atoms with Gasteiger partial charge in [0.15, 0.2) is 14.1 Å². The van der Waals surface area contributed by atoms with Crippen LogP contribution in [-0.2, 0) is 11.0 Å². The average molecular weight is 573 g/mol. The Morgan fingerprint density at radius 3 is 2.55 bits per heavy atom. The first-order valence-corrected chi connectivity index (χ1v) is 15.1. The van der Waals surface area contributed by atoms with Crippen molar-refractivity contribution in [2.24, 2.45) is 0 Å². The maximum absolute atomic E-state index is 6.67. The zero-order valence-electron chi connectivity index (χ0n) is 19.2. The number of hydrogen-bond acceptors (Lipinski definition) is 5. The smallest absolute Gasteiger partial charge is 0.192 e. The van der Waals surface area contributed by atoms with Crippen molar-refractivity contribution < 1.29 is 8.95 Å². The molecule has 1 aliphatic rings. The van der Waals surface area contributed by atoms with Gasteiger partial charge in [0.25, 0.3) is 0 Å². The molecule has 0 bridgehead atoms. The molecule has 4 rings (SSSR count). The van der Waals surface area contributed by atoms with Crippen LogP contribution >= 0.6 is 34.2 Å². The summed E-state index contributed by atoms with van der Waals surface area (Å²) in [5.74, 6) is 1.45. The minimum Gasteiger partial charge on any atom is -0.411 e. The number of rotatable bonds is 6. The highest BCUT2D eigenvalue weighted by Crippen LogP contribution is 2.47. The summed E-state index contributed by atoms with van der Waals surface area (Å²) in [5.41, 5.74) is 3.60. The first-order valence-electron chi connectivity index (χ1n) is 10.8. The van der Waals surface area contributed by atoms with E-state index in [1.54, 1.807) is 0 Å². The predicted molar refractivity (Wildman–Crippen MR) is 135 cm³/mol. The third-order valence-corrected chi connectivity index (χ3v) is 12.4. The van der Waals surface area contributed by atoms with Gasteiger partial charge in [0.2, 0.25) is 0 Å². The fourth-order valence-corrected chi connectivity index (χ4v) is 5.67. The van der Waals surface area contributed by atoms with E-state index >= 15 is 0 Å². The molecule has 0 amide bonds. The second-order valence-corrected chi connectivity index (χ2v) is 16.4. The van der Waals surface area contributed by atoms with Crippen molar-refractivity contribution in [1.82, 2.24) is 19.7 Å². The van der Waals surface area contributed by atoms with Crippen molar-refractivity contribution in [3.05, 3.63) is 26.5 Å². The zero-order valence-corrected chi connectivity index (χ0v) is 23.1. The van der Waals surface area contributed by atoms with E-state index in [0.717, 1.165) is 50.2 Å². The summed E-state index contributed by atoms with van der Waals surface area (Å²) in [5, 5.41) is 5.87. The summed E-state index contributed by atoms with van der Waals surface area (Å²) in [6.07, 6.45) is 3.84. The first-order chi connectivity index (χ1) is 14.4. The fraction of sp³-hybridized carbons (Fsp3) is 0.591. The summed E-state index contributed by atoms with van der Waals surface area (Å²) in [4.78, 5) is 8.90. The molecule has 31 heavy (non-hydrogen) atoms. The summed E-state index contributed by atoms with van der Waals surface area (Å²) in [6, 6.07) is 0.174. The van der Waals surface area contributed by atoms with Gasteiger partial charge in [-0.25, -0.2) is 9.97 Å². The van der Waals surface area contributed by atoms with Gasteiger partial charge < -0.3 is 13.5 Å². The molecule has 0 N–H and O–H groups in total. The molecule has 1 saturated carbocycles. The molecular weight excluding hydrogens is 543 g/mol. The number of aromatic nitrogens is 4. The lowest BCUT2D eigenvalue weighted by atomic mass is 10.1. The highest BCUT2D eigenvalue weighted by molar-refractivity contribution is 14.1. The van der Waals surface area contributed by atoms with Crippen molar-refractivity contribution in [3.63, 3.8) is 0 Å². The molecule has 1 aliphatic carbocycles. The van der Waals surface area contributed by atoms with Gasteiger partial charge in [-0.3, -0.25) is 0 Å². The summed E-state index contributed by atoms with van der Waals surface area (Å²) < 4.78 is 15.7. The maximum Gasteiger partial charge on any atom is 0.192 e. The quantitative estimate of drug-likeness (QED) is 0.176. The molecule has 0 aromatic carbocycles. The third kappa shape index (κ3) is 4.09. The number of halogens is 2. The lowest BCUT2D eigenvalue weighted by molar-refractivity contribution is 0.265. The second-order valence-electron chi connectivity index (χ2n) is 10.2. The molecular formula is C22H30ClIN4O2Si. The largest absolute Gasteiger partial charge is 0.411 e. The van der Waals surface area contributed by atoms with Crippen LogP contribution < -0.4 is 0 Å². The first kappa shape index (κ1) is 23.2. The minimum atomic E-state index is -1.98. The molecule has 168 valence electrons. The predicted octanol–water partition coefficient (Wildman–Crippen LogP) is 7.32. The fourth-order valence-electron chi connectivity index (χ4n) is 3.61. The Bertz CT molecular complexity index is 1130. The van der Waals surface area contributed by atoms with Gasteiger partial charge in [-0.2, -0.15) is 0 Å². The zero-order chi connectivity index (χ0) is 22.7. The maximum atomic E-state index is 6.67. The van der Waals surface area contributed by atoms with Gasteiger partial charge in [0, 0.05) is 17.5 Å².